The van der Waals surface area contributed by atoms with E-state index < -0.39 is 0 Å². The van der Waals surface area contributed by atoms with E-state index in [-0.39, 0.29) is 0 Å². The first-order valence-electron chi connectivity index (χ1n) is 19.3. The lowest BCUT2D eigenvalue weighted by molar-refractivity contribution is 0.965. The molecule has 0 aliphatic rings. The van der Waals surface area contributed by atoms with E-state index >= 15 is 0 Å². The summed E-state index contributed by atoms with van der Waals surface area (Å²) in [6, 6.07) is 68.6. The molecule has 0 fully saturated rings. The molecule has 0 heteroatoms. The molecule has 0 radical (unpaired) electrons. The number of hydrogen-bond donors (Lipinski definition) is 0. The Morgan fingerprint density at radius 3 is 1.11 bits per heavy atom. The number of benzene rings is 11. The molecule has 0 saturated carbocycles. The average Bonchev–Trinajstić information content (AvgIpc) is 3.24. The molecule has 0 saturated heterocycles. The molecule has 11 aromatic rings. The van der Waals surface area contributed by atoms with Crippen LogP contribution < -0.4 is 0 Å². The molecule has 0 aliphatic heterocycles. The summed E-state index contributed by atoms with van der Waals surface area (Å²) in [7, 11) is 0. The van der Waals surface area contributed by atoms with E-state index in [1.807, 2.05) is 0 Å². The van der Waals surface area contributed by atoms with Gasteiger partial charge in [0.25, 0.3) is 0 Å². The normalized spacial score (nSPS) is 12.0. The van der Waals surface area contributed by atoms with Crippen LogP contribution in [0.5, 0.6) is 0 Å². The molecule has 0 N–H and O–H groups in total. The van der Waals surface area contributed by atoms with Crippen molar-refractivity contribution in [3.63, 3.8) is 0 Å². The molecule has 254 valence electrons. The molecule has 11 rings (SSSR count). The van der Waals surface area contributed by atoms with Crippen molar-refractivity contribution in [3.05, 3.63) is 204 Å². The van der Waals surface area contributed by atoms with Crippen molar-refractivity contribution in [2.24, 2.45) is 0 Å². The van der Waals surface area contributed by atoms with Gasteiger partial charge in [0.05, 0.1) is 0 Å². The van der Waals surface area contributed by atoms with E-state index in [2.05, 4.69) is 182 Å². The highest BCUT2D eigenvalue weighted by molar-refractivity contribution is 6.28. The van der Waals surface area contributed by atoms with Crippen LogP contribution in [0.25, 0.3) is 86.2 Å². The summed E-state index contributed by atoms with van der Waals surface area (Å²) in [4.78, 5) is 0. The van der Waals surface area contributed by atoms with Gasteiger partial charge in [-0.1, -0.05) is 182 Å². The third kappa shape index (κ3) is 5.29. The standard InChI is InChI=1S/C54H38/c1-2-7-46-31-35(13-17-39(46)5-1)9-10-37-15-19-42-23-25-44-27-30-49-48(53(44)51(42)33-37)29-28-45-26-24-43-20-16-38(34-52(43)54(45)49)12-11-36-14-18-41-22-21-40-6-3-4-8-47(40)50(41)32-36/h1-8,13-34H,9-12H2. The van der Waals surface area contributed by atoms with Gasteiger partial charge in [-0.2, -0.15) is 0 Å². The Hall–Kier alpha value is -6.50. The molecule has 0 heterocycles. The summed E-state index contributed by atoms with van der Waals surface area (Å²) in [6.07, 6.45) is 4.05. The number of fused-ring (bicyclic) bond motifs is 13. The van der Waals surface area contributed by atoms with Gasteiger partial charge in [0.2, 0.25) is 0 Å². The zero-order chi connectivity index (χ0) is 35.6. The molecule has 54 heavy (non-hydrogen) atoms. The first kappa shape index (κ1) is 31.1. The van der Waals surface area contributed by atoms with E-state index in [1.165, 1.54) is 108 Å². The fourth-order valence-corrected chi connectivity index (χ4v) is 9.10. The van der Waals surface area contributed by atoms with Crippen LogP contribution in [-0.4, -0.2) is 0 Å². The molecule has 0 spiro atoms. The first-order valence-corrected chi connectivity index (χ1v) is 19.3. The summed E-state index contributed by atoms with van der Waals surface area (Å²) in [5.41, 5.74) is 5.54. The Kier molecular flexibility index (Phi) is 7.23. The molecule has 0 bridgehead atoms. The monoisotopic (exact) mass is 686 g/mol. The van der Waals surface area contributed by atoms with Crippen LogP contribution >= 0.6 is 0 Å². The van der Waals surface area contributed by atoms with Crippen LogP contribution in [0, 0.1) is 0 Å². The van der Waals surface area contributed by atoms with Crippen molar-refractivity contribution >= 4 is 86.2 Å². The van der Waals surface area contributed by atoms with Gasteiger partial charge in [-0.3, -0.25) is 0 Å². The molecule has 0 aromatic heterocycles. The zero-order valence-electron chi connectivity index (χ0n) is 30.1. The third-order valence-corrected chi connectivity index (χ3v) is 12.0. The number of aryl methyl sites for hydroxylation is 4. The van der Waals surface area contributed by atoms with Crippen LogP contribution in [0.3, 0.4) is 0 Å². The second kappa shape index (κ2) is 12.6. The third-order valence-electron chi connectivity index (χ3n) is 12.0. The molecule has 0 atom stereocenters. The summed E-state index contributed by atoms with van der Waals surface area (Å²) < 4.78 is 0. The van der Waals surface area contributed by atoms with E-state index in [0.717, 1.165) is 25.7 Å². The van der Waals surface area contributed by atoms with Crippen LogP contribution in [0.1, 0.15) is 22.3 Å². The van der Waals surface area contributed by atoms with Gasteiger partial charge in [-0.15, -0.1) is 0 Å². The fraction of sp³-hybridized carbons (Fsp3) is 0.0741. The Balaban J connectivity index is 0.977. The van der Waals surface area contributed by atoms with Crippen LogP contribution in [0.4, 0.5) is 0 Å². The van der Waals surface area contributed by atoms with Crippen molar-refractivity contribution in [1.29, 1.82) is 0 Å². The summed E-state index contributed by atoms with van der Waals surface area (Å²) >= 11 is 0. The summed E-state index contributed by atoms with van der Waals surface area (Å²) in [5, 5.41) is 21.2. The van der Waals surface area contributed by atoms with Gasteiger partial charge >= 0.3 is 0 Å². The second-order valence-corrected chi connectivity index (χ2v) is 15.2. The highest BCUT2D eigenvalue weighted by atomic mass is 14.2. The Morgan fingerprint density at radius 1 is 0.204 bits per heavy atom. The van der Waals surface area contributed by atoms with E-state index in [4.69, 9.17) is 0 Å². The van der Waals surface area contributed by atoms with Gasteiger partial charge in [-0.25, -0.2) is 0 Å². The minimum Gasteiger partial charge on any atom is -0.0616 e. The van der Waals surface area contributed by atoms with Gasteiger partial charge in [0.15, 0.2) is 0 Å². The smallest absolute Gasteiger partial charge is 0.00265 e. The average molecular weight is 687 g/mol. The largest absolute Gasteiger partial charge is 0.0616 e. The predicted octanol–water partition coefficient (Wildman–Crippen LogP) is 14.5. The molecule has 0 amide bonds. The minimum absolute atomic E-state index is 1.00. The maximum atomic E-state index is 2.46. The molecular weight excluding hydrogens is 649 g/mol. The van der Waals surface area contributed by atoms with Crippen molar-refractivity contribution in [2.45, 2.75) is 25.7 Å². The fourth-order valence-electron chi connectivity index (χ4n) is 9.10. The molecule has 0 unspecified atom stereocenters. The van der Waals surface area contributed by atoms with Gasteiger partial charge < -0.3 is 0 Å². The lowest BCUT2D eigenvalue weighted by Gasteiger charge is -2.14. The maximum Gasteiger partial charge on any atom is -0.00265 e. The van der Waals surface area contributed by atoms with Crippen molar-refractivity contribution < 1.29 is 0 Å². The lowest BCUT2D eigenvalue weighted by Crippen LogP contribution is -1.93. The van der Waals surface area contributed by atoms with Crippen LogP contribution in [-0.2, 0) is 25.7 Å². The molecule has 0 nitrogen and oxygen atoms in total. The topological polar surface area (TPSA) is 0 Å². The van der Waals surface area contributed by atoms with Crippen molar-refractivity contribution in [3.8, 4) is 0 Å². The molecular formula is C54H38. The van der Waals surface area contributed by atoms with E-state index in [0.29, 0.717) is 0 Å². The predicted molar refractivity (Wildman–Crippen MR) is 234 cm³/mol. The van der Waals surface area contributed by atoms with E-state index in [9.17, 15) is 0 Å². The quantitative estimate of drug-likeness (QED) is 0.153. The Bertz CT molecular complexity index is 3270. The number of hydrogen-bond acceptors (Lipinski definition) is 0. The van der Waals surface area contributed by atoms with Gasteiger partial charge in [-0.05, 0) is 134 Å². The highest BCUT2D eigenvalue weighted by Gasteiger charge is 2.12. The lowest BCUT2D eigenvalue weighted by atomic mass is 9.90. The maximum absolute atomic E-state index is 2.46. The van der Waals surface area contributed by atoms with Crippen molar-refractivity contribution in [1.82, 2.24) is 0 Å². The second-order valence-electron chi connectivity index (χ2n) is 15.2. The summed E-state index contributed by atoms with van der Waals surface area (Å²) in [5.74, 6) is 0. The Labute approximate surface area is 314 Å². The number of rotatable bonds is 6. The zero-order valence-corrected chi connectivity index (χ0v) is 30.1. The highest BCUT2D eigenvalue weighted by Crippen LogP contribution is 2.39. The molecule has 0 aliphatic carbocycles. The first-order chi connectivity index (χ1) is 26.7. The van der Waals surface area contributed by atoms with E-state index in [1.54, 1.807) is 0 Å². The SMILES string of the molecule is c1ccc2cc(CCc3ccc4ccc5ccc6c(ccc7ccc8ccc(CCc9ccc%10ccc%11ccccc%11c%10c9)cc8c76)c5c4c3)ccc2c1. The van der Waals surface area contributed by atoms with Gasteiger partial charge in [0.1, 0.15) is 0 Å². The van der Waals surface area contributed by atoms with Crippen LogP contribution in [0.2, 0.25) is 0 Å². The Morgan fingerprint density at radius 2 is 0.556 bits per heavy atom. The van der Waals surface area contributed by atoms with Crippen LogP contribution in [0.15, 0.2) is 182 Å². The van der Waals surface area contributed by atoms with Gasteiger partial charge in [0, 0.05) is 0 Å². The summed E-state index contributed by atoms with van der Waals surface area (Å²) in [6.45, 7) is 0. The molecule has 11 aromatic carbocycles. The van der Waals surface area contributed by atoms with Crippen molar-refractivity contribution in [2.75, 3.05) is 0 Å². The minimum atomic E-state index is 1.00.